The molecule has 160 valence electrons. The number of hydrogen-bond acceptors (Lipinski definition) is 5. The molecule has 2 fully saturated rings. The van der Waals surface area contributed by atoms with Gasteiger partial charge in [-0.25, -0.2) is 0 Å². The fourth-order valence-electron chi connectivity index (χ4n) is 5.83. The Hall–Kier alpha value is -2.11. The lowest BCUT2D eigenvalue weighted by Gasteiger charge is -2.52. The van der Waals surface area contributed by atoms with E-state index in [0.29, 0.717) is 6.61 Å². The lowest BCUT2D eigenvalue weighted by molar-refractivity contribution is -0.151. The average molecular weight is 409 g/mol. The third-order valence-corrected chi connectivity index (χ3v) is 7.16. The SMILES string of the molecule is CCOc1cc2c(cc1CN1C[C@H]3CCC[C@@H](C1)C3(O)c1ccccn1)O[C@H](C)C2. The van der Waals surface area contributed by atoms with E-state index in [9.17, 15) is 5.11 Å². The number of hydrogen-bond donors (Lipinski definition) is 1. The summed E-state index contributed by atoms with van der Waals surface area (Å²) in [5.41, 5.74) is 2.46. The highest BCUT2D eigenvalue weighted by Crippen LogP contribution is 2.49. The second kappa shape index (κ2) is 7.86. The van der Waals surface area contributed by atoms with Crippen LogP contribution >= 0.6 is 0 Å². The van der Waals surface area contributed by atoms with Gasteiger partial charge in [-0.2, -0.15) is 0 Å². The monoisotopic (exact) mass is 408 g/mol. The molecule has 1 unspecified atom stereocenters. The van der Waals surface area contributed by atoms with Gasteiger partial charge in [0, 0.05) is 55.2 Å². The smallest absolute Gasteiger partial charge is 0.124 e. The molecule has 2 aromatic rings. The molecule has 1 saturated carbocycles. The Bertz CT molecular complexity index is 887. The number of likely N-dealkylation sites (tertiary alicyclic amines) is 1. The van der Waals surface area contributed by atoms with Gasteiger partial charge in [-0.1, -0.05) is 12.5 Å². The Morgan fingerprint density at radius 2 is 2.03 bits per heavy atom. The first-order valence-electron chi connectivity index (χ1n) is 11.4. The van der Waals surface area contributed by atoms with E-state index in [1.165, 1.54) is 17.5 Å². The molecule has 1 aromatic carbocycles. The summed E-state index contributed by atoms with van der Waals surface area (Å²) in [7, 11) is 0. The molecular weight excluding hydrogens is 376 g/mol. The van der Waals surface area contributed by atoms with E-state index in [2.05, 4.69) is 28.9 Å². The van der Waals surface area contributed by atoms with E-state index in [1.807, 2.05) is 25.1 Å². The van der Waals surface area contributed by atoms with E-state index in [-0.39, 0.29) is 17.9 Å². The van der Waals surface area contributed by atoms with Gasteiger partial charge in [0.1, 0.15) is 23.2 Å². The summed E-state index contributed by atoms with van der Waals surface area (Å²) in [6.45, 7) is 7.39. The quantitative estimate of drug-likeness (QED) is 0.813. The average Bonchev–Trinajstić information content (AvgIpc) is 3.08. The number of ether oxygens (including phenoxy) is 2. The van der Waals surface area contributed by atoms with Crippen molar-refractivity contribution in [2.75, 3.05) is 19.7 Å². The van der Waals surface area contributed by atoms with Gasteiger partial charge < -0.3 is 14.6 Å². The Labute approximate surface area is 179 Å². The van der Waals surface area contributed by atoms with Crippen LogP contribution < -0.4 is 9.47 Å². The molecule has 5 heteroatoms. The third-order valence-electron chi connectivity index (χ3n) is 7.16. The highest BCUT2D eigenvalue weighted by molar-refractivity contribution is 5.48. The Morgan fingerprint density at radius 1 is 1.23 bits per heavy atom. The van der Waals surface area contributed by atoms with Crippen LogP contribution in [0.3, 0.4) is 0 Å². The number of aliphatic hydroxyl groups is 1. The predicted octanol–water partition coefficient (Wildman–Crippen LogP) is 3.92. The molecule has 5 nitrogen and oxygen atoms in total. The summed E-state index contributed by atoms with van der Waals surface area (Å²) in [4.78, 5) is 7.04. The van der Waals surface area contributed by atoms with Crippen molar-refractivity contribution >= 4 is 0 Å². The number of rotatable bonds is 5. The number of fused-ring (bicyclic) bond motifs is 3. The number of benzene rings is 1. The maximum absolute atomic E-state index is 11.8. The first kappa shape index (κ1) is 19.8. The van der Waals surface area contributed by atoms with Gasteiger partial charge in [0.15, 0.2) is 0 Å². The van der Waals surface area contributed by atoms with Gasteiger partial charge >= 0.3 is 0 Å². The zero-order valence-corrected chi connectivity index (χ0v) is 18.0. The zero-order valence-electron chi connectivity index (χ0n) is 18.0. The first-order chi connectivity index (χ1) is 14.6. The van der Waals surface area contributed by atoms with E-state index >= 15 is 0 Å². The highest BCUT2D eigenvalue weighted by Gasteiger charge is 2.52. The molecule has 0 amide bonds. The van der Waals surface area contributed by atoms with Gasteiger partial charge in [0.2, 0.25) is 0 Å². The summed E-state index contributed by atoms with van der Waals surface area (Å²) >= 11 is 0. The van der Waals surface area contributed by atoms with Crippen LogP contribution in [0.5, 0.6) is 11.5 Å². The fourth-order valence-corrected chi connectivity index (χ4v) is 5.83. The second-order valence-electron chi connectivity index (χ2n) is 9.19. The lowest BCUT2D eigenvalue weighted by Crippen LogP contribution is -2.58. The summed E-state index contributed by atoms with van der Waals surface area (Å²) in [6.07, 6.45) is 6.25. The van der Waals surface area contributed by atoms with Crippen LogP contribution in [0, 0.1) is 11.8 Å². The standard InChI is InChI=1S/C25H32N2O3/c1-3-29-22-12-18-11-17(2)30-23(18)13-19(22)14-27-15-20-7-6-8-21(16-27)25(20,28)24-9-4-5-10-26-24/h4-5,9-10,12-13,17,20-21,28H,3,6-8,11,14-16H2,1-2H3/t17-,20-,21+,25?/m1/s1. The largest absolute Gasteiger partial charge is 0.494 e. The molecule has 1 aliphatic carbocycles. The molecule has 1 aromatic heterocycles. The van der Waals surface area contributed by atoms with Crippen LogP contribution in [0.15, 0.2) is 36.5 Å². The topological polar surface area (TPSA) is 54.8 Å². The summed E-state index contributed by atoms with van der Waals surface area (Å²) < 4.78 is 12.0. The van der Waals surface area contributed by atoms with Crippen molar-refractivity contribution in [1.82, 2.24) is 9.88 Å². The highest BCUT2D eigenvalue weighted by atomic mass is 16.5. The van der Waals surface area contributed by atoms with Crippen molar-refractivity contribution in [2.24, 2.45) is 11.8 Å². The normalized spacial score (nSPS) is 30.6. The molecule has 30 heavy (non-hydrogen) atoms. The number of piperidine rings is 1. The predicted molar refractivity (Wildman–Crippen MR) is 116 cm³/mol. The molecule has 4 atom stereocenters. The number of pyridine rings is 1. The van der Waals surface area contributed by atoms with E-state index in [0.717, 1.165) is 56.1 Å². The third kappa shape index (κ3) is 3.38. The van der Waals surface area contributed by atoms with Gasteiger partial charge in [-0.05, 0) is 51.0 Å². The van der Waals surface area contributed by atoms with Crippen molar-refractivity contribution in [3.63, 3.8) is 0 Å². The van der Waals surface area contributed by atoms with Crippen LogP contribution in [0.2, 0.25) is 0 Å². The molecule has 3 aliphatic rings. The Balaban J connectivity index is 1.40. The van der Waals surface area contributed by atoms with E-state index < -0.39 is 5.60 Å². The molecule has 3 heterocycles. The van der Waals surface area contributed by atoms with Crippen molar-refractivity contribution in [3.05, 3.63) is 53.3 Å². The maximum atomic E-state index is 11.8. The fraction of sp³-hybridized carbons (Fsp3) is 0.560. The van der Waals surface area contributed by atoms with Crippen LogP contribution in [-0.4, -0.2) is 40.8 Å². The lowest BCUT2D eigenvalue weighted by atomic mass is 9.64. The Kier molecular flexibility index (Phi) is 5.19. The zero-order chi connectivity index (χ0) is 20.7. The molecule has 2 aliphatic heterocycles. The number of nitrogens with zero attached hydrogens (tertiary/aromatic N) is 2. The molecule has 2 bridgehead atoms. The van der Waals surface area contributed by atoms with Crippen molar-refractivity contribution in [3.8, 4) is 11.5 Å². The molecule has 1 N–H and O–H groups in total. The van der Waals surface area contributed by atoms with Crippen LogP contribution in [-0.2, 0) is 18.6 Å². The van der Waals surface area contributed by atoms with Crippen molar-refractivity contribution < 1.29 is 14.6 Å². The molecule has 5 rings (SSSR count). The first-order valence-corrected chi connectivity index (χ1v) is 11.4. The van der Waals surface area contributed by atoms with Gasteiger partial charge in [0.25, 0.3) is 0 Å². The van der Waals surface area contributed by atoms with E-state index in [1.54, 1.807) is 6.20 Å². The van der Waals surface area contributed by atoms with Crippen LogP contribution in [0.25, 0.3) is 0 Å². The minimum atomic E-state index is -0.810. The maximum Gasteiger partial charge on any atom is 0.124 e. The van der Waals surface area contributed by atoms with Gasteiger partial charge in [-0.15, -0.1) is 0 Å². The summed E-state index contributed by atoms with van der Waals surface area (Å²) in [5, 5.41) is 11.8. The van der Waals surface area contributed by atoms with Gasteiger partial charge in [-0.3, -0.25) is 9.88 Å². The van der Waals surface area contributed by atoms with Crippen LogP contribution in [0.1, 0.15) is 49.9 Å². The summed E-state index contributed by atoms with van der Waals surface area (Å²) in [6, 6.07) is 10.3. The Morgan fingerprint density at radius 3 is 2.73 bits per heavy atom. The molecular formula is C25H32N2O3. The number of aromatic nitrogens is 1. The van der Waals surface area contributed by atoms with E-state index in [4.69, 9.17) is 9.47 Å². The van der Waals surface area contributed by atoms with Crippen molar-refractivity contribution in [2.45, 2.75) is 57.8 Å². The summed E-state index contributed by atoms with van der Waals surface area (Å²) in [5.74, 6) is 2.40. The minimum Gasteiger partial charge on any atom is -0.494 e. The van der Waals surface area contributed by atoms with Gasteiger partial charge in [0.05, 0.1) is 12.3 Å². The molecule has 0 radical (unpaired) electrons. The van der Waals surface area contributed by atoms with Crippen LogP contribution in [0.4, 0.5) is 0 Å². The van der Waals surface area contributed by atoms with Crippen molar-refractivity contribution in [1.29, 1.82) is 0 Å². The molecule has 1 saturated heterocycles. The molecule has 0 spiro atoms. The minimum absolute atomic E-state index is 0.209. The second-order valence-corrected chi connectivity index (χ2v) is 9.19.